The van der Waals surface area contributed by atoms with Gasteiger partial charge in [-0.05, 0) is 43.7 Å². The zero-order valence-electron chi connectivity index (χ0n) is 14.7. The van der Waals surface area contributed by atoms with Gasteiger partial charge in [-0.15, -0.1) is 0 Å². The first-order valence-electron chi connectivity index (χ1n) is 9.54. The highest BCUT2D eigenvalue weighted by Gasteiger charge is 2.36. The van der Waals surface area contributed by atoms with Crippen LogP contribution < -0.4 is 4.74 Å². The van der Waals surface area contributed by atoms with Gasteiger partial charge in [0.25, 0.3) is 5.91 Å². The van der Waals surface area contributed by atoms with Gasteiger partial charge in [-0.1, -0.05) is 18.2 Å². The van der Waals surface area contributed by atoms with Gasteiger partial charge >= 0.3 is 0 Å². The second kappa shape index (κ2) is 7.06. The molecule has 2 fully saturated rings. The zero-order chi connectivity index (χ0) is 17.2. The molecular weight excluding hydrogens is 316 g/mol. The number of hydrogen-bond acceptors (Lipinski definition) is 3. The van der Waals surface area contributed by atoms with Gasteiger partial charge in [0.05, 0.1) is 0 Å². The van der Waals surface area contributed by atoms with Gasteiger partial charge in [0, 0.05) is 38.5 Å². The molecule has 1 atom stereocenters. The van der Waals surface area contributed by atoms with Gasteiger partial charge in [0.15, 0.2) is 6.10 Å². The molecule has 0 spiro atoms. The fraction of sp³-hybridized carbons (Fsp3) is 0.600. The average molecular weight is 342 g/mol. The molecule has 0 unspecified atom stereocenters. The maximum Gasteiger partial charge on any atom is 0.263 e. The van der Waals surface area contributed by atoms with Gasteiger partial charge in [-0.3, -0.25) is 9.59 Å². The molecule has 25 heavy (non-hydrogen) atoms. The predicted octanol–water partition coefficient (Wildman–Crippen LogP) is 2.24. The van der Waals surface area contributed by atoms with E-state index < -0.39 is 6.10 Å². The second-order valence-corrected chi connectivity index (χ2v) is 7.40. The third-order valence-corrected chi connectivity index (χ3v) is 5.75. The summed E-state index contributed by atoms with van der Waals surface area (Å²) < 4.78 is 5.83. The molecule has 3 aliphatic heterocycles. The number of fused-ring (bicyclic) bond motifs is 1. The summed E-state index contributed by atoms with van der Waals surface area (Å²) in [6, 6.07) is 7.86. The minimum atomic E-state index is -0.397. The Kier molecular flexibility index (Phi) is 4.64. The van der Waals surface area contributed by atoms with Crippen LogP contribution in [0.1, 0.15) is 37.7 Å². The summed E-state index contributed by atoms with van der Waals surface area (Å²) in [5, 5.41) is 0. The lowest BCUT2D eigenvalue weighted by Crippen LogP contribution is -2.48. The third kappa shape index (κ3) is 3.37. The molecule has 0 radical (unpaired) electrons. The van der Waals surface area contributed by atoms with E-state index in [0.29, 0.717) is 25.4 Å². The Morgan fingerprint density at radius 2 is 1.56 bits per heavy atom. The second-order valence-electron chi connectivity index (χ2n) is 7.40. The van der Waals surface area contributed by atoms with Crippen molar-refractivity contribution in [1.29, 1.82) is 0 Å². The summed E-state index contributed by atoms with van der Waals surface area (Å²) >= 11 is 0. The summed E-state index contributed by atoms with van der Waals surface area (Å²) in [4.78, 5) is 29.3. The number of nitrogens with zero attached hydrogens (tertiary/aromatic N) is 2. The number of carbonyl (C=O) groups is 2. The Morgan fingerprint density at radius 1 is 0.880 bits per heavy atom. The van der Waals surface area contributed by atoms with Crippen molar-refractivity contribution in [3.05, 3.63) is 29.8 Å². The molecule has 0 N–H and O–H groups in total. The highest BCUT2D eigenvalue weighted by atomic mass is 16.5. The largest absolute Gasteiger partial charge is 0.480 e. The van der Waals surface area contributed by atoms with Crippen LogP contribution in [0.4, 0.5) is 0 Å². The van der Waals surface area contributed by atoms with Crippen molar-refractivity contribution >= 4 is 11.8 Å². The predicted molar refractivity (Wildman–Crippen MR) is 94.3 cm³/mol. The van der Waals surface area contributed by atoms with Gasteiger partial charge in [-0.2, -0.15) is 0 Å². The van der Waals surface area contributed by atoms with Crippen molar-refractivity contribution in [3.8, 4) is 5.75 Å². The summed E-state index contributed by atoms with van der Waals surface area (Å²) in [6.07, 6.45) is 5.31. The van der Waals surface area contributed by atoms with Crippen molar-refractivity contribution in [2.75, 3.05) is 26.2 Å². The van der Waals surface area contributed by atoms with E-state index in [9.17, 15) is 9.59 Å². The van der Waals surface area contributed by atoms with E-state index >= 15 is 0 Å². The summed E-state index contributed by atoms with van der Waals surface area (Å²) in [5.41, 5.74) is 1.11. The molecule has 134 valence electrons. The van der Waals surface area contributed by atoms with Crippen LogP contribution in [0.3, 0.4) is 0 Å². The number of amides is 2. The van der Waals surface area contributed by atoms with Gasteiger partial charge in [0.2, 0.25) is 5.91 Å². The average Bonchev–Trinajstić information content (AvgIpc) is 3.12. The number of hydrogen-bond donors (Lipinski definition) is 0. The van der Waals surface area contributed by atoms with Gasteiger partial charge in [0.1, 0.15) is 5.75 Å². The van der Waals surface area contributed by atoms with Crippen LogP contribution in [0.5, 0.6) is 5.75 Å². The van der Waals surface area contributed by atoms with Gasteiger partial charge in [-0.25, -0.2) is 0 Å². The molecule has 2 amide bonds. The minimum Gasteiger partial charge on any atom is -0.480 e. The van der Waals surface area contributed by atoms with Crippen LogP contribution >= 0.6 is 0 Å². The first-order valence-corrected chi connectivity index (χ1v) is 9.54. The Balaban J connectivity index is 1.30. The summed E-state index contributed by atoms with van der Waals surface area (Å²) in [7, 11) is 0. The molecular formula is C20H26N2O3. The van der Waals surface area contributed by atoms with E-state index in [1.165, 1.54) is 6.42 Å². The highest BCUT2D eigenvalue weighted by molar-refractivity contribution is 5.83. The summed E-state index contributed by atoms with van der Waals surface area (Å²) in [5.74, 6) is 1.29. The van der Waals surface area contributed by atoms with Crippen molar-refractivity contribution < 1.29 is 14.3 Å². The molecule has 0 aromatic heterocycles. The molecule has 4 rings (SSSR count). The van der Waals surface area contributed by atoms with E-state index in [4.69, 9.17) is 4.74 Å². The van der Waals surface area contributed by atoms with Crippen LogP contribution in [0.25, 0.3) is 0 Å². The standard InChI is InChI=1S/C20H26N2O3/c23-19(21-10-4-1-5-11-21)15-8-12-22(13-9-15)20(24)18-14-16-6-2-3-7-17(16)25-18/h2-3,6-7,15,18H,1,4-5,8-14H2/t18-/m1/s1. The molecule has 3 heterocycles. The van der Waals surface area contributed by atoms with Crippen LogP contribution in [0, 0.1) is 5.92 Å². The molecule has 1 aromatic rings. The van der Waals surface area contributed by atoms with Crippen molar-refractivity contribution in [3.63, 3.8) is 0 Å². The molecule has 0 bridgehead atoms. The maximum absolute atomic E-state index is 12.8. The van der Waals surface area contributed by atoms with Crippen LogP contribution in [0.2, 0.25) is 0 Å². The normalized spacial score (nSPS) is 23.9. The number of benzene rings is 1. The van der Waals surface area contributed by atoms with Crippen molar-refractivity contribution in [1.82, 2.24) is 9.80 Å². The molecule has 5 heteroatoms. The van der Waals surface area contributed by atoms with E-state index in [1.54, 1.807) is 0 Å². The van der Waals surface area contributed by atoms with E-state index in [1.807, 2.05) is 34.1 Å². The first-order chi connectivity index (χ1) is 12.2. The van der Waals surface area contributed by atoms with Crippen molar-refractivity contribution in [2.45, 2.75) is 44.6 Å². The first kappa shape index (κ1) is 16.4. The van der Waals surface area contributed by atoms with Crippen LogP contribution in [-0.2, 0) is 16.0 Å². The molecule has 0 aliphatic carbocycles. The van der Waals surface area contributed by atoms with Crippen molar-refractivity contribution in [2.24, 2.45) is 5.92 Å². The zero-order valence-corrected chi connectivity index (χ0v) is 14.7. The number of rotatable bonds is 2. The SMILES string of the molecule is O=C(C1CCN(C(=O)[C@H]2Cc3ccccc3O2)CC1)N1CCCCC1. The highest BCUT2D eigenvalue weighted by Crippen LogP contribution is 2.30. The molecule has 0 saturated carbocycles. The van der Waals surface area contributed by atoms with E-state index in [2.05, 4.69) is 0 Å². The third-order valence-electron chi connectivity index (χ3n) is 5.75. The molecule has 3 aliphatic rings. The number of para-hydroxylation sites is 1. The molecule has 2 saturated heterocycles. The Bertz CT molecular complexity index is 621. The minimum absolute atomic E-state index is 0.0695. The Hall–Kier alpha value is -2.04. The molecule has 1 aromatic carbocycles. The molecule has 5 nitrogen and oxygen atoms in total. The Morgan fingerprint density at radius 3 is 2.28 bits per heavy atom. The fourth-order valence-electron chi connectivity index (χ4n) is 4.24. The number of carbonyl (C=O) groups excluding carboxylic acids is 2. The smallest absolute Gasteiger partial charge is 0.263 e. The lowest BCUT2D eigenvalue weighted by molar-refractivity contribution is -0.144. The van der Waals surface area contributed by atoms with E-state index in [0.717, 1.165) is 50.1 Å². The van der Waals surface area contributed by atoms with Crippen LogP contribution in [0.15, 0.2) is 24.3 Å². The number of piperidine rings is 2. The topological polar surface area (TPSA) is 49.9 Å². The summed E-state index contributed by atoms with van der Waals surface area (Å²) in [6.45, 7) is 3.15. The monoisotopic (exact) mass is 342 g/mol. The van der Waals surface area contributed by atoms with E-state index in [-0.39, 0.29) is 11.8 Å². The quantitative estimate of drug-likeness (QED) is 0.828. The van der Waals surface area contributed by atoms with Gasteiger partial charge < -0.3 is 14.5 Å². The Labute approximate surface area is 148 Å². The lowest BCUT2D eigenvalue weighted by Gasteiger charge is -2.36. The number of ether oxygens (including phenoxy) is 1. The van der Waals surface area contributed by atoms with Crippen LogP contribution in [-0.4, -0.2) is 53.9 Å². The maximum atomic E-state index is 12.8. The lowest BCUT2D eigenvalue weighted by atomic mass is 9.94. The number of likely N-dealkylation sites (tertiary alicyclic amines) is 2. The fourth-order valence-corrected chi connectivity index (χ4v) is 4.24.